The van der Waals surface area contributed by atoms with Crippen molar-refractivity contribution in [1.29, 1.82) is 0 Å². The fourth-order valence-electron chi connectivity index (χ4n) is 2.12. The summed E-state index contributed by atoms with van der Waals surface area (Å²) in [5, 5.41) is 11.3. The molecule has 0 saturated heterocycles. The van der Waals surface area contributed by atoms with E-state index in [0.717, 1.165) is 19.3 Å². The third-order valence-corrected chi connectivity index (χ3v) is 3.15. The molecule has 0 bridgehead atoms. The number of aliphatic hydroxyl groups is 1. The molecule has 100 valence electrons. The second-order valence-corrected chi connectivity index (χ2v) is 4.48. The fraction of sp³-hybridized carbons (Fsp3) is 0.533. The first-order chi connectivity index (χ1) is 8.77. The lowest BCUT2D eigenvalue weighted by Gasteiger charge is -2.14. The van der Waals surface area contributed by atoms with Crippen LogP contribution >= 0.6 is 0 Å². The first kappa shape index (κ1) is 14.7. The number of carbonyl (C=O) groups is 1. The maximum Gasteiger partial charge on any atom is 0.220 e. The largest absolute Gasteiger partial charge is 0.395 e. The number of hydrogen-bond acceptors (Lipinski definition) is 2. The number of aliphatic hydroxyl groups excluding tert-OH is 1. The maximum absolute atomic E-state index is 11.4. The molecule has 0 aliphatic carbocycles. The number of amides is 1. The van der Waals surface area contributed by atoms with Crippen LogP contribution in [0.2, 0.25) is 0 Å². The van der Waals surface area contributed by atoms with Crippen molar-refractivity contribution < 1.29 is 9.90 Å². The van der Waals surface area contributed by atoms with Crippen LogP contribution in [-0.4, -0.2) is 24.2 Å². The van der Waals surface area contributed by atoms with Gasteiger partial charge in [0.15, 0.2) is 0 Å². The van der Waals surface area contributed by atoms with Crippen LogP contribution in [0.25, 0.3) is 0 Å². The normalized spacial score (nSPS) is 12.1. The molecule has 0 aliphatic rings. The van der Waals surface area contributed by atoms with Crippen molar-refractivity contribution in [2.45, 2.75) is 38.5 Å². The molecule has 1 unspecified atom stereocenters. The molecule has 0 radical (unpaired) electrons. The summed E-state index contributed by atoms with van der Waals surface area (Å²) in [6.45, 7) is 2.55. The first-order valence-electron chi connectivity index (χ1n) is 6.70. The quantitative estimate of drug-likeness (QED) is 0.743. The van der Waals surface area contributed by atoms with Crippen LogP contribution in [0.1, 0.15) is 44.1 Å². The van der Waals surface area contributed by atoms with Crippen LogP contribution < -0.4 is 5.32 Å². The zero-order valence-electron chi connectivity index (χ0n) is 11.1. The van der Waals surface area contributed by atoms with E-state index in [4.69, 9.17) is 5.11 Å². The molecule has 0 aromatic heterocycles. The van der Waals surface area contributed by atoms with E-state index < -0.39 is 0 Å². The van der Waals surface area contributed by atoms with Gasteiger partial charge in [0.25, 0.3) is 0 Å². The van der Waals surface area contributed by atoms with Gasteiger partial charge in [-0.3, -0.25) is 4.79 Å². The van der Waals surface area contributed by atoms with E-state index >= 15 is 0 Å². The summed E-state index contributed by atoms with van der Waals surface area (Å²) in [5.41, 5.74) is 1.36. The summed E-state index contributed by atoms with van der Waals surface area (Å²) in [7, 11) is 0. The third kappa shape index (κ3) is 5.32. The topological polar surface area (TPSA) is 49.3 Å². The highest BCUT2D eigenvalue weighted by Gasteiger charge is 2.09. The molecular formula is C15H23NO2. The Morgan fingerprint density at radius 1 is 1.33 bits per heavy atom. The summed E-state index contributed by atoms with van der Waals surface area (Å²) in [6.07, 6.45) is 3.57. The zero-order valence-corrected chi connectivity index (χ0v) is 11.1. The van der Waals surface area contributed by atoms with E-state index in [2.05, 4.69) is 36.5 Å². The Hall–Kier alpha value is -1.35. The average Bonchev–Trinajstić information content (AvgIpc) is 2.42. The standard InChI is InChI=1S/C15H23NO2/c1-2-13(14-7-4-3-5-8-14)9-6-10-15(18)16-11-12-17/h3-5,7-8,13,17H,2,6,9-12H2,1H3,(H,16,18). The molecule has 0 fully saturated rings. The molecule has 18 heavy (non-hydrogen) atoms. The van der Waals surface area contributed by atoms with Gasteiger partial charge in [0.2, 0.25) is 5.91 Å². The van der Waals surface area contributed by atoms with Gasteiger partial charge in [-0.25, -0.2) is 0 Å². The number of carbonyl (C=O) groups excluding carboxylic acids is 1. The van der Waals surface area contributed by atoms with Crippen LogP contribution in [-0.2, 0) is 4.79 Å². The van der Waals surface area contributed by atoms with Crippen LogP contribution in [0.5, 0.6) is 0 Å². The van der Waals surface area contributed by atoms with E-state index in [9.17, 15) is 4.79 Å². The highest BCUT2D eigenvalue weighted by Crippen LogP contribution is 2.24. The summed E-state index contributed by atoms with van der Waals surface area (Å²) in [4.78, 5) is 11.4. The van der Waals surface area contributed by atoms with E-state index in [1.165, 1.54) is 5.56 Å². The summed E-state index contributed by atoms with van der Waals surface area (Å²) >= 11 is 0. The van der Waals surface area contributed by atoms with Crippen molar-refractivity contribution in [2.75, 3.05) is 13.2 Å². The third-order valence-electron chi connectivity index (χ3n) is 3.15. The van der Waals surface area contributed by atoms with Crippen molar-refractivity contribution in [3.63, 3.8) is 0 Å². The van der Waals surface area contributed by atoms with Crippen molar-refractivity contribution in [3.8, 4) is 0 Å². The molecule has 1 rings (SSSR count). The van der Waals surface area contributed by atoms with Gasteiger partial charge < -0.3 is 10.4 Å². The highest BCUT2D eigenvalue weighted by molar-refractivity contribution is 5.75. The minimum atomic E-state index is 0.00728. The molecule has 1 aromatic rings. The van der Waals surface area contributed by atoms with E-state index in [-0.39, 0.29) is 12.5 Å². The van der Waals surface area contributed by atoms with Gasteiger partial charge >= 0.3 is 0 Å². The van der Waals surface area contributed by atoms with Gasteiger partial charge in [-0.1, -0.05) is 37.3 Å². The molecule has 3 nitrogen and oxygen atoms in total. The Morgan fingerprint density at radius 3 is 2.67 bits per heavy atom. The second-order valence-electron chi connectivity index (χ2n) is 4.48. The summed E-state index contributed by atoms with van der Waals surface area (Å²) in [6, 6.07) is 10.5. The molecule has 3 heteroatoms. The minimum Gasteiger partial charge on any atom is -0.395 e. The SMILES string of the molecule is CCC(CCCC(=O)NCCO)c1ccccc1. The smallest absolute Gasteiger partial charge is 0.220 e. The molecular weight excluding hydrogens is 226 g/mol. The average molecular weight is 249 g/mol. The minimum absolute atomic E-state index is 0.00728. The van der Waals surface area contributed by atoms with E-state index in [1.54, 1.807) is 0 Å². The predicted octanol–water partition coefficient (Wildman–Crippen LogP) is 2.46. The lowest BCUT2D eigenvalue weighted by atomic mass is 9.91. The van der Waals surface area contributed by atoms with Crippen molar-refractivity contribution in [1.82, 2.24) is 5.32 Å². The summed E-state index contributed by atoms with van der Waals surface area (Å²) in [5.74, 6) is 0.573. The van der Waals surface area contributed by atoms with Gasteiger partial charge in [-0.05, 0) is 30.7 Å². The van der Waals surface area contributed by atoms with Gasteiger partial charge in [0, 0.05) is 13.0 Å². The Bertz CT molecular complexity index is 338. The lowest BCUT2D eigenvalue weighted by Crippen LogP contribution is -2.26. The highest BCUT2D eigenvalue weighted by atomic mass is 16.3. The van der Waals surface area contributed by atoms with Gasteiger partial charge in [0.1, 0.15) is 0 Å². The second kappa shape index (κ2) is 8.70. The number of benzene rings is 1. The lowest BCUT2D eigenvalue weighted by molar-refractivity contribution is -0.121. The van der Waals surface area contributed by atoms with Gasteiger partial charge in [0.05, 0.1) is 6.61 Å². The van der Waals surface area contributed by atoms with Gasteiger partial charge in [-0.15, -0.1) is 0 Å². The van der Waals surface area contributed by atoms with E-state index in [1.807, 2.05) is 6.07 Å². The Kier molecular flexibility index (Phi) is 7.11. The number of hydrogen-bond donors (Lipinski definition) is 2. The van der Waals surface area contributed by atoms with Crippen molar-refractivity contribution in [3.05, 3.63) is 35.9 Å². The van der Waals surface area contributed by atoms with E-state index in [0.29, 0.717) is 18.9 Å². The molecule has 0 heterocycles. The first-order valence-corrected chi connectivity index (χ1v) is 6.70. The van der Waals surface area contributed by atoms with Crippen LogP contribution in [0.3, 0.4) is 0 Å². The Labute approximate surface area is 109 Å². The molecule has 0 spiro atoms. The Balaban J connectivity index is 2.30. The maximum atomic E-state index is 11.4. The van der Waals surface area contributed by atoms with Crippen LogP contribution in [0, 0.1) is 0 Å². The molecule has 1 atom stereocenters. The molecule has 0 saturated carbocycles. The number of nitrogens with one attached hydrogen (secondary N) is 1. The van der Waals surface area contributed by atoms with Crippen LogP contribution in [0.4, 0.5) is 0 Å². The molecule has 0 aliphatic heterocycles. The van der Waals surface area contributed by atoms with Gasteiger partial charge in [-0.2, -0.15) is 0 Å². The fourth-order valence-corrected chi connectivity index (χ4v) is 2.12. The van der Waals surface area contributed by atoms with Crippen molar-refractivity contribution >= 4 is 5.91 Å². The van der Waals surface area contributed by atoms with Crippen LogP contribution in [0.15, 0.2) is 30.3 Å². The predicted molar refractivity (Wildman–Crippen MR) is 73.4 cm³/mol. The Morgan fingerprint density at radius 2 is 2.06 bits per heavy atom. The zero-order chi connectivity index (χ0) is 13.2. The monoisotopic (exact) mass is 249 g/mol. The molecule has 1 aromatic carbocycles. The van der Waals surface area contributed by atoms with Crippen molar-refractivity contribution in [2.24, 2.45) is 0 Å². The summed E-state index contributed by atoms with van der Waals surface area (Å²) < 4.78 is 0. The number of rotatable bonds is 8. The molecule has 2 N–H and O–H groups in total. The molecule has 1 amide bonds.